The summed E-state index contributed by atoms with van der Waals surface area (Å²) < 4.78 is 26.7. The van der Waals surface area contributed by atoms with Crippen molar-refractivity contribution in [2.75, 3.05) is 44.3 Å². The number of benzene rings is 2. The number of hydrogen-bond acceptors (Lipinski definition) is 4. The van der Waals surface area contributed by atoms with Crippen molar-refractivity contribution >= 4 is 11.6 Å². The van der Waals surface area contributed by atoms with Crippen molar-refractivity contribution < 1.29 is 18.7 Å². The van der Waals surface area contributed by atoms with Crippen LogP contribution in [0.4, 0.5) is 10.1 Å². The quantitative estimate of drug-likeness (QED) is 0.608. The first kappa shape index (κ1) is 23.1. The van der Waals surface area contributed by atoms with E-state index >= 15 is 0 Å². The molecule has 0 N–H and O–H groups in total. The molecule has 0 aliphatic carbocycles. The smallest absolute Gasteiger partial charge is 0.293 e. The van der Waals surface area contributed by atoms with Crippen molar-refractivity contribution in [3.05, 3.63) is 77.8 Å². The minimum absolute atomic E-state index is 0.242. The molecule has 5 nitrogen and oxygen atoms in total. The molecule has 0 radical (unpaired) electrons. The summed E-state index contributed by atoms with van der Waals surface area (Å²) in [6.45, 7) is 4.57. The lowest BCUT2D eigenvalue weighted by Crippen LogP contribution is -2.58. The molecule has 3 aliphatic heterocycles. The minimum Gasteiger partial charge on any atom is -0.480 e. The van der Waals surface area contributed by atoms with E-state index in [0.29, 0.717) is 31.2 Å². The number of piperidine rings is 1. The number of likely N-dealkylation sites (tertiary alicyclic amines) is 1. The first-order chi connectivity index (χ1) is 16.6. The molecule has 0 unspecified atom stereocenters. The monoisotopic (exact) mass is 464 g/mol. The SMILES string of the molecule is O=C1/C(=C/C2CCOCC2)OC2(CCN(CCc3ccccc3)CC2)CN1c1ccccc1F. The average molecular weight is 465 g/mol. The van der Waals surface area contributed by atoms with Gasteiger partial charge in [0.05, 0.1) is 12.2 Å². The second kappa shape index (κ2) is 10.3. The number of anilines is 1. The van der Waals surface area contributed by atoms with Gasteiger partial charge in [-0.25, -0.2) is 4.39 Å². The zero-order valence-corrected chi connectivity index (χ0v) is 19.6. The van der Waals surface area contributed by atoms with Crippen LogP contribution in [0.1, 0.15) is 31.2 Å². The van der Waals surface area contributed by atoms with Crippen molar-refractivity contribution in [2.24, 2.45) is 5.92 Å². The molecule has 3 fully saturated rings. The Balaban J connectivity index is 1.33. The van der Waals surface area contributed by atoms with E-state index in [1.165, 1.54) is 11.6 Å². The van der Waals surface area contributed by atoms with Crippen LogP contribution in [0, 0.1) is 11.7 Å². The maximum absolute atomic E-state index is 14.7. The summed E-state index contributed by atoms with van der Waals surface area (Å²) in [6.07, 6.45) is 6.36. The van der Waals surface area contributed by atoms with Crippen molar-refractivity contribution in [3.8, 4) is 0 Å². The molecule has 2 aromatic carbocycles. The first-order valence-electron chi connectivity index (χ1n) is 12.4. The number of nitrogens with zero attached hydrogens (tertiary/aromatic N) is 2. The number of allylic oxidation sites excluding steroid dienone is 1. The molecular formula is C28H33FN2O3. The molecule has 0 bridgehead atoms. The average Bonchev–Trinajstić information content (AvgIpc) is 2.88. The predicted octanol–water partition coefficient (Wildman–Crippen LogP) is 4.58. The van der Waals surface area contributed by atoms with Gasteiger partial charge in [-0.2, -0.15) is 0 Å². The number of morpholine rings is 1. The Bertz CT molecular complexity index is 1010. The number of carbonyl (C=O) groups excluding carboxylic acids is 1. The predicted molar refractivity (Wildman–Crippen MR) is 130 cm³/mol. The summed E-state index contributed by atoms with van der Waals surface area (Å²) in [5.74, 6) is 0.00255. The summed E-state index contributed by atoms with van der Waals surface area (Å²) >= 11 is 0. The van der Waals surface area contributed by atoms with Gasteiger partial charge >= 0.3 is 0 Å². The van der Waals surface area contributed by atoms with Crippen LogP contribution in [0.5, 0.6) is 0 Å². The Morgan fingerprint density at radius 2 is 1.71 bits per heavy atom. The van der Waals surface area contributed by atoms with Crippen LogP contribution >= 0.6 is 0 Å². The molecule has 1 amide bonds. The topological polar surface area (TPSA) is 42.0 Å². The number of hydrogen-bond donors (Lipinski definition) is 0. The summed E-state index contributed by atoms with van der Waals surface area (Å²) in [5, 5.41) is 0. The van der Waals surface area contributed by atoms with Crippen molar-refractivity contribution in [2.45, 2.75) is 37.7 Å². The highest BCUT2D eigenvalue weighted by atomic mass is 19.1. The Kier molecular flexibility index (Phi) is 6.97. The third-order valence-corrected chi connectivity index (χ3v) is 7.35. The molecule has 34 heavy (non-hydrogen) atoms. The number of para-hydroxylation sites is 1. The second-order valence-electron chi connectivity index (χ2n) is 9.69. The van der Waals surface area contributed by atoms with Crippen LogP contribution in [0.3, 0.4) is 0 Å². The molecule has 0 aromatic heterocycles. The normalized spacial score (nSPS) is 22.8. The largest absolute Gasteiger partial charge is 0.480 e. The maximum Gasteiger partial charge on any atom is 0.293 e. The van der Waals surface area contributed by atoms with Gasteiger partial charge in [-0.15, -0.1) is 0 Å². The standard InChI is InChI=1S/C28H33FN2O3/c29-24-8-4-5-9-25(24)31-21-28(34-26(27(31)32)20-23-11-18-33-19-12-23)13-16-30(17-14-28)15-10-22-6-2-1-3-7-22/h1-9,20,23H,10-19,21H2/b26-20-. The van der Waals surface area contributed by atoms with E-state index in [1.54, 1.807) is 23.1 Å². The molecule has 6 heteroatoms. The minimum atomic E-state index is -0.490. The van der Waals surface area contributed by atoms with Crippen molar-refractivity contribution in [3.63, 3.8) is 0 Å². The Hall–Kier alpha value is -2.70. The van der Waals surface area contributed by atoms with Crippen molar-refractivity contribution in [1.82, 2.24) is 4.90 Å². The van der Waals surface area contributed by atoms with E-state index in [1.807, 2.05) is 12.1 Å². The summed E-state index contributed by atoms with van der Waals surface area (Å²) in [6, 6.07) is 17.1. The van der Waals surface area contributed by atoms with Crippen LogP contribution in [0.25, 0.3) is 0 Å². The number of amides is 1. The van der Waals surface area contributed by atoms with Crippen molar-refractivity contribution in [1.29, 1.82) is 0 Å². The highest BCUT2D eigenvalue weighted by Gasteiger charge is 2.46. The summed E-state index contributed by atoms with van der Waals surface area (Å²) in [7, 11) is 0. The number of rotatable bonds is 5. The zero-order chi connectivity index (χ0) is 23.4. The Morgan fingerprint density at radius 3 is 2.44 bits per heavy atom. The molecule has 3 aliphatic rings. The Morgan fingerprint density at radius 1 is 1.00 bits per heavy atom. The highest BCUT2D eigenvalue weighted by Crippen LogP contribution is 2.38. The van der Waals surface area contributed by atoms with E-state index in [-0.39, 0.29) is 17.6 Å². The third kappa shape index (κ3) is 5.18. The van der Waals surface area contributed by atoms with Gasteiger partial charge in [0, 0.05) is 45.7 Å². The number of ether oxygens (including phenoxy) is 2. The third-order valence-electron chi connectivity index (χ3n) is 7.35. The zero-order valence-electron chi connectivity index (χ0n) is 19.6. The lowest BCUT2D eigenvalue weighted by molar-refractivity contribution is -0.131. The Labute approximate surface area is 201 Å². The fourth-order valence-electron chi connectivity index (χ4n) is 5.25. The molecule has 2 aromatic rings. The van der Waals surface area contributed by atoms with E-state index in [9.17, 15) is 9.18 Å². The first-order valence-corrected chi connectivity index (χ1v) is 12.4. The molecule has 3 heterocycles. The van der Waals surface area contributed by atoms with Crippen LogP contribution in [0.15, 0.2) is 66.4 Å². The van der Waals surface area contributed by atoms with E-state index in [4.69, 9.17) is 9.47 Å². The fourth-order valence-corrected chi connectivity index (χ4v) is 5.25. The fraction of sp³-hybridized carbons (Fsp3) is 0.464. The van der Waals surface area contributed by atoms with Gasteiger partial charge in [-0.3, -0.25) is 9.69 Å². The van der Waals surface area contributed by atoms with Crippen LogP contribution in [-0.4, -0.2) is 55.8 Å². The summed E-state index contributed by atoms with van der Waals surface area (Å²) in [5.41, 5.74) is 1.19. The van der Waals surface area contributed by atoms with E-state index < -0.39 is 5.60 Å². The number of halogens is 1. The van der Waals surface area contributed by atoms with Gasteiger partial charge < -0.3 is 14.4 Å². The lowest BCUT2D eigenvalue weighted by Gasteiger charge is -2.48. The van der Waals surface area contributed by atoms with E-state index in [0.717, 1.165) is 51.7 Å². The highest BCUT2D eigenvalue weighted by molar-refractivity contribution is 6.05. The van der Waals surface area contributed by atoms with Gasteiger partial charge in [-0.05, 0) is 49.0 Å². The molecule has 0 saturated carbocycles. The van der Waals surface area contributed by atoms with Crippen LogP contribution in [-0.2, 0) is 20.7 Å². The van der Waals surface area contributed by atoms with Gasteiger partial charge in [-0.1, -0.05) is 42.5 Å². The van der Waals surface area contributed by atoms with Crippen LogP contribution < -0.4 is 4.90 Å². The maximum atomic E-state index is 14.7. The molecule has 180 valence electrons. The van der Waals surface area contributed by atoms with Crippen LogP contribution in [0.2, 0.25) is 0 Å². The number of carbonyl (C=O) groups is 1. The molecule has 0 atom stereocenters. The molecule has 1 spiro atoms. The molecular weight excluding hydrogens is 431 g/mol. The molecule has 5 rings (SSSR count). The summed E-state index contributed by atoms with van der Waals surface area (Å²) in [4.78, 5) is 17.5. The van der Waals surface area contributed by atoms with Gasteiger partial charge in [0.25, 0.3) is 5.91 Å². The lowest BCUT2D eigenvalue weighted by atomic mass is 9.88. The van der Waals surface area contributed by atoms with Gasteiger partial charge in [0.1, 0.15) is 11.4 Å². The second-order valence-corrected chi connectivity index (χ2v) is 9.69. The molecule has 3 saturated heterocycles. The van der Waals surface area contributed by atoms with Gasteiger partial charge in [0.2, 0.25) is 0 Å². The van der Waals surface area contributed by atoms with E-state index in [2.05, 4.69) is 29.2 Å². The van der Waals surface area contributed by atoms with Gasteiger partial charge in [0.15, 0.2) is 5.76 Å².